The van der Waals surface area contributed by atoms with Crippen LogP contribution in [0.25, 0.3) is 0 Å². The number of ether oxygens (including phenoxy) is 1. The van der Waals surface area contributed by atoms with E-state index in [2.05, 4.69) is 0 Å². The van der Waals surface area contributed by atoms with E-state index in [0.29, 0.717) is 12.5 Å². The molecule has 0 aromatic rings. The van der Waals surface area contributed by atoms with Gasteiger partial charge < -0.3 is 4.74 Å². The van der Waals surface area contributed by atoms with Crippen LogP contribution in [0.15, 0.2) is 11.6 Å². The van der Waals surface area contributed by atoms with Crippen LogP contribution in [-0.4, -0.2) is 12.6 Å². The number of carbonyl (C=O) groups excluding carboxylic acids is 1. The van der Waals surface area contributed by atoms with Crippen molar-refractivity contribution in [3.05, 3.63) is 11.6 Å². The summed E-state index contributed by atoms with van der Waals surface area (Å²) in [6, 6.07) is 0. The minimum Gasteiger partial charge on any atom is -0.462 e. The highest BCUT2D eigenvalue weighted by Crippen LogP contribution is 2.11. The van der Waals surface area contributed by atoms with Crippen molar-refractivity contribution in [2.45, 2.75) is 13.8 Å². The van der Waals surface area contributed by atoms with Crippen LogP contribution >= 0.6 is 0 Å². The van der Waals surface area contributed by atoms with Crippen LogP contribution in [0.5, 0.6) is 0 Å². The van der Waals surface area contributed by atoms with Gasteiger partial charge in [-0.3, -0.25) is 0 Å². The lowest BCUT2D eigenvalue weighted by Gasteiger charge is -2.14. The van der Waals surface area contributed by atoms with E-state index in [1.165, 1.54) is 0 Å². The lowest BCUT2D eigenvalue weighted by molar-refractivity contribution is -0.140. The molecule has 2 heteroatoms. The molecular formula is C7H10O2. The van der Waals surface area contributed by atoms with Gasteiger partial charge in [0.1, 0.15) is 0 Å². The standard InChI is InChI=1S/C7H10O2/c1-5-3-6(2)7(8)9-4-5/h3,5H,4H2,1-2H3. The minimum absolute atomic E-state index is 0.173. The van der Waals surface area contributed by atoms with Gasteiger partial charge >= 0.3 is 5.97 Å². The van der Waals surface area contributed by atoms with Crippen LogP contribution in [0, 0.1) is 5.92 Å². The molecule has 0 saturated carbocycles. The molecule has 0 amide bonds. The minimum atomic E-state index is -0.173. The van der Waals surface area contributed by atoms with Gasteiger partial charge in [0.25, 0.3) is 0 Å². The lowest BCUT2D eigenvalue weighted by atomic mass is 10.1. The summed E-state index contributed by atoms with van der Waals surface area (Å²) in [4.78, 5) is 10.6. The third-order valence-corrected chi connectivity index (χ3v) is 1.33. The molecule has 0 N–H and O–H groups in total. The van der Waals surface area contributed by atoms with E-state index in [0.717, 1.165) is 5.57 Å². The Bertz CT molecular complexity index is 158. The van der Waals surface area contributed by atoms with Crippen molar-refractivity contribution in [2.75, 3.05) is 6.61 Å². The van der Waals surface area contributed by atoms with Crippen molar-refractivity contribution in [2.24, 2.45) is 5.92 Å². The molecule has 0 aromatic heterocycles. The average molecular weight is 126 g/mol. The highest BCUT2D eigenvalue weighted by molar-refractivity contribution is 5.88. The largest absolute Gasteiger partial charge is 0.462 e. The van der Waals surface area contributed by atoms with Gasteiger partial charge in [-0.1, -0.05) is 13.0 Å². The molecule has 0 saturated heterocycles. The fourth-order valence-corrected chi connectivity index (χ4v) is 0.864. The van der Waals surface area contributed by atoms with Gasteiger partial charge in [-0.05, 0) is 6.92 Å². The van der Waals surface area contributed by atoms with Crippen molar-refractivity contribution in [3.63, 3.8) is 0 Å². The molecule has 1 unspecified atom stereocenters. The molecule has 50 valence electrons. The van der Waals surface area contributed by atoms with Crippen molar-refractivity contribution in [1.29, 1.82) is 0 Å². The Kier molecular flexibility index (Phi) is 1.56. The number of esters is 1. The summed E-state index contributed by atoms with van der Waals surface area (Å²) < 4.78 is 4.80. The zero-order valence-electron chi connectivity index (χ0n) is 5.68. The third-order valence-electron chi connectivity index (χ3n) is 1.33. The summed E-state index contributed by atoms with van der Waals surface area (Å²) in [5.74, 6) is 0.218. The number of cyclic esters (lactones) is 1. The molecule has 2 nitrogen and oxygen atoms in total. The molecule has 0 aliphatic carbocycles. The molecule has 1 atom stereocenters. The maximum Gasteiger partial charge on any atom is 0.333 e. The van der Waals surface area contributed by atoms with Gasteiger partial charge in [-0.25, -0.2) is 4.79 Å². The summed E-state index contributed by atoms with van der Waals surface area (Å²) in [6.07, 6.45) is 1.94. The summed E-state index contributed by atoms with van der Waals surface area (Å²) in [6.45, 7) is 4.34. The molecule has 1 heterocycles. The van der Waals surface area contributed by atoms with E-state index in [-0.39, 0.29) is 5.97 Å². The lowest BCUT2D eigenvalue weighted by Crippen LogP contribution is -2.17. The SMILES string of the molecule is CC1=CC(C)COC1=O. The van der Waals surface area contributed by atoms with E-state index in [1.54, 1.807) is 6.92 Å². The zero-order valence-corrected chi connectivity index (χ0v) is 5.68. The monoisotopic (exact) mass is 126 g/mol. The van der Waals surface area contributed by atoms with Gasteiger partial charge in [0.2, 0.25) is 0 Å². The average Bonchev–Trinajstić information content (AvgIpc) is 1.80. The first-order chi connectivity index (χ1) is 4.20. The quantitative estimate of drug-likeness (QED) is 0.455. The third kappa shape index (κ3) is 1.31. The predicted octanol–water partition coefficient (Wildman–Crippen LogP) is 1.13. The molecule has 0 aromatic carbocycles. The van der Waals surface area contributed by atoms with E-state index >= 15 is 0 Å². The number of carbonyl (C=O) groups is 1. The van der Waals surface area contributed by atoms with Gasteiger partial charge in [0, 0.05) is 11.5 Å². The summed E-state index contributed by atoms with van der Waals surface area (Å²) in [5.41, 5.74) is 0.730. The number of hydrogen-bond donors (Lipinski definition) is 0. The predicted molar refractivity (Wildman–Crippen MR) is 33.9 cm³/mol. The van der Waals surface area contributed by atoms with Gasteiger partial charge in [0.05, 0.1) is 6.61 Å². The summed E-state index contributed by atoms with van der Waals surface area (Å²) in [5, 5.41) is 0. The fraction of sp³-hybridized carbons (Fsp3) is 0.571. The Morgan fingerprint density at radius 2 is 2.44 bits per heavy atom. The smallest absolute Gasteiger partial charge is 0.333 e. The second kappa shape index (κ2) is 2.21. The van der Waals surface area contributed by atoms with E-state index in [1.807, 2.05) is 13.0 Å². The van der Waals surface area contributed by atoms with Gasteiger partial charge in [-0.2, -0.15) is 0 Å². The summed E-state index contributed by atoms with van der Waals surface area (Å²) >= 11 is 0. The second-order valence-electron chi connectivity index (χ2n) is 2.43. The van der Waals surface area contributed by atoms with Crippen molar-refractivity contribution in [1.82, 2.24) is 0 Å². The van der Waals surface area contributed by atoms with E-state index < -0.39 is 0 Å². The van der Waals surface area contributed by atoms with Crippen LogP contribution in [0.1, 0.15) is 13.8 Å². The number of rotatable bonds is 0. The molecule has 1 aliphatic rings. The van der Waals surface area contributed by atoms with Crippen LogP contribution < -0.4 is 0 Å². The Hall–Kier alpha value is -0.790. The summed E-state index contributed by atoms with van der Waals surface area (Å²) in [7, 11) is 0. The second-order valence-corrected chi connectivity index (χ2v) is 2.43. The first-order valence-electron chi connectivity index (χ1n) is 3.05. The van der Waals surface area contributed by atoms with Gasteiger partial charge in [-0.15, -0.1) is 0 Å². The topological polar surface area (TPSA) is 26.3 Å². The van der Waals surface area contributed by atoms with Crippen molar-refractivity contribution < 1.29 is 9.53 Å². The maximum atomic E-state index is 10.6. The Morgan fingerprint density at radius 1 is 1.78 bits per heavy atom. The molecule has 1 rings (SSSR count). The van der Waals surface area contributed by atoms with Crippen LogP contribution in [0.2, 0.25) is 0 Å². The van der Waals surface area contributed by atoms with Crippen molar-refractivity contribution >= 4 is 5.97 Å². The molecule has 0 spiro atoms. The van der Waals surface area contributed by atoms with Crippen molar-refractivity contribution in [3.8, 4) is 0 Å². The van der Waals surface area contributed by atoms with E-state index in [9.17, 15) is 4.79 Å². The highest BCUT2D eigenvalue weighted by Gasteiger charge is 2.14. The Morgan fingerprint density at radius 3 is 2.89 bits per heavy atom. The maximum absolute atomic E-state index is 10.6. The molecule has 0 radical (unpaired) electrons. The molecular weight excluding hydrogens is 116 g/mol. The van der Waals surface area contributed by atoms with E-state index in [4.69, 9.17) is 4.74 Å². The zero-order chi connectivity index (χ0) is 6.85. The number of hydrogen-bond acceptors (Lipinski definition) is 2. The first kappa shape index (κ1) is 6.33. The van der Waals surface area contributed by atoms with Crippen LogP contribution in [0.3, 0.4) is 0 Å². The Labute approximate surface area is 54.5 Å². The normalized spacial score (nSPS) is 27.1. The van der Waals surface area contributed by atoms with Crippen LogP contribution in [0.4, 0.5) is 0 Å². The first-order valence-corrected chi connectivity index (χ1v) is 3.05. The molecule has 0 fully saturated rings. The van der Waals surface area contributed by atoms with Crippen LogP contribution in [-0.2, 0) is 9.53 Å². The van der Waals surface area contributed by atoms with Gasteiger partial charge in [0.15, 0.2) is 0 Å². The fourth-order valence-electron chi connectivity index (χ4n) is 0.864. The molecule has 1 aliphatic heterocycles. The Balaban J connectivity index is 2.72. The molecule has 9 heavy (non-hydrogen) atoms. The highest BCUT2D eigenvalue weighted by atomic mass is 16.5. The molecule has 0 bridgehead atoms.